The number of carbonyl (C=O) groups excluding carboxylic acids is 1. The fourth-order valence-corrected chi connectivity index (χ4v) is 2.42. The molecule has 0 saturated heterocycles. The minimum absolute atomic E-state index is 0.153. The van der Waals surface area contributed by atoms with Gasteiger partial charge in [0.2, 0.25) is 0 Å². The van der Waals surface area contributed by atoms with Gasteiger partial charge in [-0.2, -0.15) is 0 Å². The van der Waals surface area contributed by atoms with Crippen LogP contribution < -0.4 is 5.32 Å². The van der Waals surface area contributed by atoms with Gasteiger partial charge in [0.1, 0.15) is 11.6 Å². The summed E-state index contributed by atoms with van der Waals surface area (Å²) >= 11 is 1.14. The van der Waals surface area contributed by atoms with E-state index in [-0.39, 0.29) is 11.3 Å². The highest BCUT2D eigenvalue weighted by atomic mass is 32.1. The van der Waals surface area contributed by atoms with Crippen LogP contribution in [0, 0.1) is 11.6 Å². The van der Waals surface area contributed by atoms with Gasteiger partial charge in [-0.15, -0.1) is 11.3 Å². The number of aromatic nitrogens is 1. The van der Waals surface area contributed by atoms with E-state index in [0.717, 1.165) is 23.5 Å². The lowest BCUT2D eigenvalue weighted by molar-refractivity contribution is 0.0996. The molecular weight excluding hydrogens is 298 g/mol. The van der Waals surface area contributed by atoms with Crippen molar-refractivity contribution < 1.29 is 18.0 Å². The fraction of sp³-hybridized carbons (Fsp3) is 0. The van der Waals surface area contributed by atoms with Gasteiger partial charge in [-0.1, -0.05) is 0 Å². The van der Waals surface area contributed by atoms with Crippen LogP contribution >= 0.6 is 11.3 Å². The molecule has 2 heterocycles. The third-order valence-corrected chi connectivity index (χ3v) is 3.43. The topological polar surface area (TPSA) is 55.1 Å². The first-order chi connectivity index (χ1) is 10.1. The van der Waals surface area contributed by atoms with Gasteiger partial charge in [0.15, 0.2) is 10.9 Å². The summed E-state index contributed by atoms with van der Waals surface area (Å²) in [7, 11) is 0. The Hall–Kier alpha value is -2.54. The van der Waals surface area contributed by atoms with Crippen LogP contribution in [-0.4, -0.2) is 10.9 Å². The molecule has 3 rings (SSSR count). The SMILES string of the molecule is O=C(Nc1nc(-c2ccc(F)cc2F)cs1)c1ccco1. The van der Waals surface area contributed by atoms with Crippen molar-refractivity contribution in [1.29, 1.82) is 0 Å². The molecule has 0 aliphatic carbocycles. The number of benzene rings is 1. The average Bonchev–Trinajstić information content (AvgIpc) is 3.09. The molecule has 1 amide bonds. The van der Waals surface area contributed by atoms with E-state index in [1.807, 2.05) is 0 Å². The number of hydrogen-bond acceptors (Lipinski definition) is 4. The van der Waals surface area contributed by atoms with Crippen LogP contribution in [0.25, 0.3) is 11.3 Å². The molecule has 1 aromatic carbocycles. The van der Waals surface area contributed by atoms with E-state index < -0.39 is 17.5 Å². The molecule has 0 spiro atoms. The maximum absolute atomic E-state index is 13.7. The minimum Gasteiger partial charge on any atom is -0.459 e. The molecule has 2 aromatic heterocycles. The molecule has 106 valence electrons. The summed E-state index contributed by atoms with van der Waals surface area (Å²) in [6.45, 7) is 0. The van der Waals surface area contributed by atoms with Gasteiger partial charge < -0.3 is 4.42 Å². The smallest absolute Gasteiger partial charge is 0.293 e. The fourth-order valence-electron chi connectivity index (χ4n) is 1.72. The maximum atomic E-state index is 13.7. The summed E-state index contributed by atoms with van der Waals surface area (Å²) < 4.78 is 31.5. The number of rotatable bonds is 3. The minimum atomic E-state index is -0.704. The zero-order valence-corrected chi connectivity index (χ0v) is 11.3. The summed E-state index contributed by atoms with van der Waals surface area (Å²) in [6.07, 6.45) is 1.39. The normalized spacial score (nSPS) is 10.6. The van der Waals surface area contributed by atoms with E-state index in [9.17, 15) is 13.6 Å². The van der Waals surface area contributed by atoms with Gasteiger partial charge in [-0.3, -0.25) is 10.1 Å². The van der Waals surface area contributed by atoms with Crippen molar-refractivity contribution in [3.63, 3.8) is 0 Å². The van der Waals surface area contributed by atoms with Crippen molar-refractivity contribution in [2.24, 2.45) is 0 Å². The van der Waals surface area contributed by atoms with Crippen molar-refractivity contribution in [3.05, 3.63) is 59.4 Å². The van der Waals surface area contributed by atoms with E-state index >= 15 is 0 Å². The molecular formula is C14H8F2N2O2S. The predicted molar refractivity (Wildman–Crippen MR) is 74.1 cm³/mol. The van der Waals surface area contributed by atoms with Crippen molar-refractivity contribution in [2.45, 2.75) is 0 Å². The number of nitrogens with zero attached hydrogens (tertiary/aromatic N) is 1. The second kappa shape index (κ2) is 5.45. The van der Waals surface area contributed by atoms with Crippen LogP contribution in [-0.2, 0) is 0 Å². The van der Waals surface area contributed by atoms with Crippen LogP contribution in [0.1, 0.15) is 10.6 Å². The number of carbonyl (C=O) groups is 1. The van der Waals surface area contributed by atoms with E-state index in [1.54, 1.807) is 11.4 Å². The third kappa shape index (κ3) is 2.82. The molecule has 4 nitrogen and oxygen atoms in total. The maximum Gasteiger partial charge on any atom is 0.293 e. The molecule has 0 fully saturated rings. The molecule has 0 radical (unpaired) electrons. The monoisotopic (exact) mass is 306 g/mol. The lowest BCUT2D eigenvalue weighted by Crippen LogP contribution is -2.10. The molecule has 21 heavy (non-hydrogen) atoms. The Kier molecular flexibility index (Phi) is 3.49. The Bertz CT molecular complexity index is 784. The second-order valence-corrected chi connectivity index (χ2v) is 4.95. The number of anilines is 1. The molecule has 7 heteroatoms. The van der Waals surface area contributed by atoms with E-state index in [0.29, 0.717) is 10.8 Å². The average molecular weight is 306 g/mol. The predicted octanol–water partition coefficient (Wildman–Crippen LogP) is 3.93. The van der Waals surface area contributed by atoms with Crippen LogP contribution in [0.2, 0.25) is 0 Å². The second-order valence-electron chi connectivity index (χ2n) is 4.09. The van der Waals surface area contributed by atoms with Gasteiger partial charge in [-0.05, 0) is 24.3 Å². The van der Waals surface area contributed by atoms with Crippen molar-refractivity contribution >= 4 is 22.4 Å². The van der Waals surface area contributed by atoms with Crippen LogP contribution in [0.3, 0.4) is 0 Å². The van der Waals surface area contributed by atoms with Crippen molar-refractivity contribution in [3.8, 4) is 11.3 Å². The highest BCUT2D eigenvalue weighted by Crippen LogP contribution is 2.27. The molecule has 0 unspecified atom stereocenters. The summed E-state index contributed by atoms with van der Waals surface area (Å²) in [4.78, 5) is 15.9. The van der Waals surface area contributed by atoms with E-state index in [4.69, 9.17) is 4.42 Å². The van der Waals surface area contributed by atoms with Crippen molar-refractivity contribution in [1.82, 2.24) is 4.98 Å². The number of nitrogens with one attached hydrogen (secondary N) is 1. The summed E-state index contributed by atoms with van der Waals surface area (Å²) in [5, 5.41) is 4.42. The Morgan fingerprint density at radius 3 is 2.86 bits per heavy atom. The number of halogens is 2. The number of hydrogen-bond donors (Lipinski definition) is 1. The van der Waals surface area contributed by atoms with Crippen LogP contribution in [0.5, 0.6) is 0 Å². The van der Waals surface area contributed by atoms with E-state index in [1.165, 1.54) is 18.4 Å². The lowest BCUT2D eigenvalue weighted by Gasteiger charge is -1.99. The number of amides is 1. The van der Waals surface area contributed by atoms with Gasteiger partial charge in [0.05, 0.1) is 12.0 Å². The first-order valence-corrected chi connectivity index (χ1v) is 6.77. The molecule has 0 saturated carbocycles. The summed E-state index contributed by atoms with van der Waals surface area (Å²) in [6, 6.07) is 6.35. The van der Waals surface area contributed by atoms with Gasteiger partial charge >= 0.3 is 0 Å². The Labute approximate surface area is 122 Å². The molecule has 0 atom stereocenters. The number of furan rings is 1. The Morgan fingerprint density at radius 1 is 1.29 bits per heavy atom. The van der Waals surface area contributed by atoms with Crippen LogP contribution in [0.15, 0.2) is 46.4 Å². The molecule has 0 aliphatic rings. The third-order valence-electron chi connectivity index (χ3n) is 2.68. The molecule has 1 N–H and O–H groups in total. The highest BCUT2D eigenvalue weighted by Gasteiger charge is 2.14. The first kappa shape index (κ1) is 13.4. The van der Waals surface area contributed by atoms with E-state index in [2.05, 4.69) is 10.3 Å². The molecule has 0 bridgehead atoms. The van der Waals surface area contributed by atoms with Gasteiger partial charge in [0.25, 0.3) is 5.91 Å². The Morgan fingerprint density at radius 2 is 2.14 bits per heavy atom. The quantitative estimate of drug-likeness (QED) is 0.797. The zero-order valence-electron chi connectivity index (χ0n) is 10.5. The zero-order chi connectivity index (χ0) is 14.8. The first-order valence-electron chi connectivity index (χ1n) is 5.89. The van der Waals surface area contributed by atoms with Crippen molar-refractivity contribution in [2.75, 3.05) is 5.32 Å². The van der Waals surface area contributed by atoms with Crippen LogP contribution in [0.4, 0.5) is 13.9 Å². The molecule has 0 aliphatic heterocycles. The summed E-state index contributed by atoms with van der Waals surface area (Å²) in [5.74, 6) is -1.65. The highest BCUT2D eigenvalue weighted by molar-refractivity contribution is 7.14. The Balaban J connectivity index is 1.82. The number of thiazole rings is 1. The largest absolute Gasteiger partial charge is 0.459 e. The summed E-state index contributed by atoms with van der Waals surface area (Å²) in [5.41, 5.74) is 0.499. The molecule has 3 aromatic rings. The standard InChI is InChI=1S/C14H8F2N2O2S/c15-8-3-4-9(10(16)6-8)11-7-21-14(17-11)18-13(19)12-2-1-5-20-12/h1-7H,(H,17,18,19). The lowest BCUT2D eigenvalue weighted by atomic mass is 10.1. The van der Waals surface area contributed by atoms with Gasteiger partial charge in [-0.25, -0.2) is 13.8 Å². The van der Waals surface area contributed by atoms with Gasteiger partial charge in [0, 0.05) is 17.0 Å².